The summed E-state index contributed by atoms with van der Waals surface area (Å²) in [5, 5.41) is 0. The van der Waals surface area contributed by atoms with Crippen molar-refractivity contribution in [2.45, 2.75) is 13.0 Å². The van der Waals surface area contributed by atoms with Gasteiger partial charge in [0.05, 0.1) is 6.67 Å². The molecule has 1 amide bonds. The first kappa shape index (κ1) is 10.1. The van der Waals surface area contributed by atoms with Gasteiger partial charge in [0.15, 0.2) is 0 Å². The van der Waals surface area contributed by atoms with Crippen LogP contribution in [0.4, 0.5) is 4.39 Å². The molecule has 80 valence electrons. The van der Waals surface area contributed by atoms with E-state index in [0.29, 0.717) is 19.5 Å². The molecule has 0 spiro atoms. The van der Waals surface area contributed by atoms with E-state index in [2.05, 4.69) is 0 Å². The first-order chi connectivity index (χ1) is 7.29. The number of amides is 1. The lowest BCUT2D eigenvalue weighted by Gasteiger charge is -2.15. The molecule has 1 aromatic carbocycles. The van der Waals surface area contributed by atoms with Crippen LogP contribution in [0.3, 0.4) is 0 Å². The molecule has 15 heavy (non-hydrogen) atoms. The van der Waals surface area contributed by atoms with Crippen molar-refractivity contribution < 1.29 is 9.18 Å². The van der Waals surface area contributed by atoms with Crippen molar-refractivity contribution in [3.63, 3.8) is 0 Å². The topological polar surface area (TPSA) is 20.3 Å². The van der Waals surface area contributed by atoms with Crippen molar-refractivity contribution in [3.8, 4) is 0 Å². The predicted octanol–water partition coefficient (Wildman–Crippen LogP) is 2.00. The Morgan fingerprint density at radius 1 is 1.33 bits per heavy atom. The van der Waals surface area contributed by atoms with Crippen LogP contribution in [-0.4, -0.2) is 24.0 Å². The molecule has 0 aliphatic carbocycles. The Kier molecular flexibility index (Phi) is 2.99. The van der Waals surface area contributed by atoms with Crippen LogP contribution >= 0.6 is 0 Å². The molecule has 0 radical (unpaired) electrons. The second-order valence-electron chi connectivity index (χ2n) is 3.98. The summed E-state index contributed by atoms with van der Waals surface area (Å²) in [4.78, 5) is 13.2. The van der Waals surface area contributed by atoms with Gasteiger partial charge in [0.25, 0.3) is 0 Å². The number of likely N-dealkylation sites (tertiary alicyclic amines) is 1. The highest BCUT2D eigenvalue weighted by atomic mass is 19.1. The van der Waals surface area contributed by atoms with Crippen molar-refractivity contribution in [1.82, 2.24) is 4.90 Å². The molecular formula is C12H14FNO. The summed E-state index contributed by atoms with van der Waals surface area (Å²) < 4.78 is 12.4. The summed E-state index contributed by atoms with van der Waals surface area (Å²) in [7, 11) is 0. The van der Waals surface area contributed by atoms with E-state index in [1.54, 1.807) is 4.90 Å². The predicted molar refractivity (Wildman–Crippen MR) is 55.9 cm³/mol. The van der Waals surface area contributed by atoms with Gasteiger partial charge in [-0.2, -0.15) is 0 Å². The smallest absolute Gasteiger partial charge is 0.223 e. The summed E-state index contributed by atoms with van der Waals surface area (Å²) in [6, 6.07) is 9.80. The standard InChI is InChI=1S/C12H14FNO/c13-7-11-6-12(15)14(9-11)8-10-4-2-1-3-5-10/h1-5,11H,6-9H2. The normalized spacial score (nSPS) is 21.0. The molecule has 2 rings (SSSR count). The maximum Gasteiger partial charge on any atom is 0.223 e. The fraction of sp³-hybridized carbons (Fsp3) is 0.417. The third kappa shape index (κ3) is 2.35. The van der Waals surface area contributed by atoms with E-state index < -0.39 is 6.67 Å². The number of carbonyl (C=O) groups is 1. The SMILES string of the molecule is O=C1CC(CF)CN1Cc1ccccc1. The number of carbonyl (C=O) groups excluding carboxylic acids is 1. The van der Waals surface area contributed by atoms with Crippen LogP contribution in [0.5, 0.6) is 0 Å². The van der Waals surface area contributed by atoms with Crippen LogP contribution in [-0.2, 0) is 11.3 Å². The van der Waals surface area contributed by atoms with Gasteiger partial charge in [-0.3, -0.25) is 9.18 Å². The Labute approximate surface area is 88.7 Å². The summed E-state index contributed by atoms with van der Waals surface area (Å²) in [6.45, 7) is 0.775. The van der Waals surface area contributed by atoms with Gasteiger partial charge in [-0.1, -0.05) is 30.3 Å². The van der Waals surface area contributed by atoms with Gasteiger partial charge in [-0.25, -0.2) is 0 Å². The lowest BCUT2D eigenvalue weighted by molar-refractivity contribution is -0.128. The number of hydrogen-bond donors (Lipinski definition) is 0. The van der Waals surface area contributed by atoms with E-state index in [4.69, 9.17) is 0 Å². The molecule has 1 saturated heterocycles. The molecule has 1 heterocycles. The molecule has 1 atom stereocenters. The monoisotopic (exact) mass is 207 g/mol. The molecule has 0 N–H and O–H groups in total. The highest BCUT2D eigenvalue weighted by Crippen LogP contribution is 2.20. The minimum Gasteiger partial charge on any atom is -0.338 e. The number of hydrogen-bond acceptors (Lipinski definition) is 1. The highest BCUT2D eigenvalue weighted by Gasteiger charge is 2.29. The molecule has 0 saturated carbocycles. The average Bonchev–Trinajstić information content (AvgIpc) is 2.61. The summed E-state index contributed by atoms with van der Waals surface area (Å²) in [6.07, 6.45) is 0.364. The molecule has 3 heteroatoms. The van der Waals surface area contributed by atoms with Gasteiger partial charge in [-0.05, 0) is 5.56 Å². The molecule has 2 nitrogen and oxygen atoms in total. The molecule has 1 aliphatic rings. The fourth-order valence-electron chi connectivity index (χ4n) is 1.91. The number of halogens is 1. The average molecular weight is 207 g/mol. The number of rotatable bonds is 3. The lowest BCUT2D eigenvalue weighted by atomic mass is 10.1. The summed E-state index contributed by atoms with van der Waals surface area (Å²) in [5.74, 6) is -0.0253. The van der Waals surface area contributed by atoms with E-state index in [9.17, 15) is 9.18 Å². The molecule has 0 aromatic heterocycles. The second kappa shape index (κ2) is 4.43. The zero-order valence-electron chi connectivity index (χ0n) is 8.53. The molecule has 1 unspecified atom stereocenters. The largest absolute Gasteiger partial charge is 0.338 e. The Bertz CT molecular complexity index is 339. The first-order valence-corrected chi connectivity index (χ1v) is 5.17. The van der Waals surface area contributed by atoms with Gasteiger partial charge < -0.3 is 4.90 Å². The molecule has 1 fully saturated rings. The third-order valence-corrected chi connectivity index (χ3v) is 2.73. The van der Waals surface area contributed by atoms with E-state index in [0.717, 1.165) is 5.56 Å². The van der Waals surface area contributed by atoms with Crippen molar-refractivity contribution >= 4 is 5.91 Å². The Morgan fingerprint density at radius 2 is 2.07 bits per heavy atom. The van der Waals surface area contributed by atoms with Gasteiger partial charge >= 0.3 is 0 Å². The molecular weight excluding hydrogens is 193 g/mol. The Balaban J connectivity index is 1.99. The maximum absolute atomic E-state index is 12.4. The quantitative estimate of drug-likeness (QED) is 0.742. The van der Waals surface area contributed by atoms with E-state index in [1.165, 1.54) is 0 Å². The molecule has 0 bridgehead atoms. The van der Waals surface area contributed by atoms with Gasteiger partial charge in [0.1, 0.15) is 0 Å². The Morgan fingerprint density at radius 3 is 2.67 bits per heavy atom. The number of benzene rings is 1. The van der Waals surface area contributed by atoms with Crippen LogP contribution in [0, 0.1) is 5.92 Å². The minimum absolute atomic E-state index is 0.0708. The summed E-state index contributed by atoms with van der Waals surface area (Å²) in [5.41, 5.74) is 1.10. The first-order valence-electron chi connectivity index (χ1n) is 5.17. The van der Waals surface area contributed by atoms with Crippen LogP contribution < -0.4 is 0 Å². The van der Waals surface area contributed by atoms with Crippen molar-refractivity contribution in [1.29, 1.82) is 0 Å². The molecule has 1 aliphatic heterocycles. The third-order valence-electron chi connectivity index (χ3n) is 2.73. The van der Waals surface area contributed by atoms with Gasteiger partial charge in [0, 0.05) is 25.4 Å². The van der Waals surface area contributed by atoms with Crippen molar-refractivity contribution in [2.75, 3.05) is 13.2 Å². The van der Waals surface area contributed by atoms with Crippen LogP contribution in [0.1, 0.15) is 12.0 Å². The zero-order valence-corrected chi connectivity index (χ0v) is 8.53. The van der Waals surface area contributed by atoms with Crippen molar-refractivity contribution in [2.24, 2.45) is 5.92 Å². The highest BCUT2D eigenvalue weighted by molar-refractivity contribution is 5.78. The van der Waals surface area contributed by atoms with Gasteiger partial charge in [-0.15, -0.1) is 0 Å². The van der Waals surface area contributed by atoms with Gasteiger partial charge in [0.2, 0.25) is 5.91 Å². The lowest BCUT2D eigenvalue weighted by Crippen LogP contribution is -2.24. The summed E-state index contributed by atoms with van der Waals surface area (Å²) >= 11 is 0. The molecule has 1 aromatic rings. The Hall–Kier alpha value is -1.38. The van der Waals surface area contributed by atoms with Crippen LogP contribution in [0.15, 0.2) is 30.3 Å². The minimum atomic E-state index is -0.392. The second-order valence-corrected chi connectivity index (χ2v) is 3.98. The van der Waals surface area contributed by atoms with E-state index in [-0.39, 0.29) is 11.8 Å². The van der Waals surface area contributed by atoms with Crippen LogP contribution in [0.25, 0.3) is 0 Å². The van der Waals surface area contributed by atoms with Crippen molar-refractivity contribution in [3.05, 3.63) is 35.9 Å². The van der Waals surface area contributed by atoms with E-state index >= 15 is 0 Å². The zero-order chi connectivity index (χ0) is 10.7. The number of alkyl halides is 1. The fourth-order valence-corrected chi connectivity index (χ4v) is 1.91. The maximum atomic E-state index is 12.4. The number of nitrogens with zero attached hydrogens (tertiary/aromatic N) is 1. The van der Waals surface area contributed by atoms with Crippen LogP contribution in [0.2, 0.25) is 0 Å². The van der Waals surface area contributed by atoms with E-state index in [1.807, 2.05) is 30.3 Å².